The molecule has 0 radical (unpaired) electrons. The molecule has 0 atom stereocenters. The molecule has 0 aliphatic rings. The van der Waals surface area contributed by atoms with Crippen molar-refractivity contribution in [3.63, 3.8) is 0 Å². The Morgan fingerprint density at radius 1 is 0.655 bits per heavy atom. The average molecular weight is 392 g/mol. The Morgan fingerprint density at radius 2 is 1.31 bits per heavy atom. The fourth-order valence-electron chi connectivity index (χ4n) is 3.85. The molecule has 5 rings (SSSR count). The lowest BCUT2D eigenvalue weighted by atomic mass is 9.89. The van der Waals surface area contributed by atoms with E-state index in [1.54, 1.807) is 0 Å². The second-order valence-corrected chi connectivity index (χ2v) is 7.44. The standard InChI is InChI=1S/C25H17N2OP/c28-29-25-23(24(26-27-25)19-12-5-2-6-13-19)22-20-14-8-7-11-18(20)15-16-21(22)17-9-3-1-4-10-17/h1-16H,(H,26,27). The molecule has 0 saturated carbocycles. The zero-order chi connectivity index (χ0) is 19.6. The van der Waals surface area contributed by atoms with Crippen LogP contribution in [0.25, 0.3) is 44.3 Å². The first-order valence-electron chi connectivity index (χ1n) is 9.41. The lowest BCUT2D eigenvalue weighted by molar-refractivity contribution is 0.602. The van der Waals surface area contributed by atoms with E-state index in [1.807, 2.05) is 60.7 Å². The summed E-state index contributed by atoms with van der Waals surface area (Å²) in [6.45, 7) is 0. The first kappa shape index (κ1) is 17.5. The summed E-state index contributed by atoms with van der Waals surface area (Å²) in [5, 5.41) is 9.75. The quantitative estimate of drug-likeness (QED) is 0.356. The van der Waals surface area contributed by atoms with Crippen molar-refractivity contribution in [1.29, 1.82) is 0 Å². The molecule has 0 saturated heterocycles. The van der Waals surface area contributed by atoms with Gasteiger partial charge in [-0.15, -0.1) is 0 Å². The first-order chi connectivity index (χ1) is 14.4. The molecule has 0 bridgehead atoms. The van der Waals surface area contributed by atoms with Crippen molar-refractivity contribution < 1.29 is 4.57 Å². The van der Waals surface area contributed by atoms with E-state index in [-0.39, 0.29) is 8.46 Å². The van der Waals surface area contributed by atoms with E-state index in [1.165, 1.54) is 0 Å². The second kappa shape index (κ2) is 7.46. The first-order valence-corrected chi connectivity index (χ1v) is 10.2. The van der Waals surface area contributed by atoms with Crippen LogP contribution in [0.15, 0.2) is 97.1 Å². The monoisotopic (exact) mass is 392 g/mol. The van der Waals surface area contributed by atoms with Gasteiger partial charge in [-0.2, -0.15) is 5.10 Å². The maximum Gasteiger partial charge on any atom is 0.215 e. The summed E-state index contributed by atoms with van der Waals surface area (Å²) in [6, 6.07) is 32.9. The molecule has 4 aromatic carbocycles. The summed E-state index contributed by atoms with van der Waals surface area (Å²) in [6.07, 6.45) is 0. The van der Waals surface area contributed by atoms with Gasteiger partial charge in [0.05, 0.1) is 5.69 Å². The zero-order valence-electron chi connectivity index (χ0n) is 15.5. The number of aromatic amines is 1. The minimum atomic E-state index is -0.111. The number of nitrogens with one attached hydrogen (secondary N) is 1. The average Bonchev–Trinajstić information content (AvgIpc) is 3.23. The van der Waals surface area contributed by atoms with Crippen molar-refractivity contribution in [1.82, 2.24) is 10.2 Å². The van der Waals surface area contributed by atoms with Crippen LogP contribution < -0.4 is 5.44 Å². The molecular formula is C25H17N2OP. The molecule has 4 heteroatoms. The minimum absolute atomic E-state index is 0.111. The van der Waals surface area contributed by atoms with E-state index in [0.717, 1.165) is 44.3 Å². The minimum Gasteiger partial charge on any atom is -0.276 e. The summed E-state index contributed by atoms with van der Waals surface area (Å²) < 4.78 is 12.0. The van der Waals surface area contributed by atoms with E-state index in [9.17, 15) is 4.57 Å². The maximum atomic E-state index is 12.0. The summed E-state index contributed by atoms with van der Waals surface area (Å²) in [4.78, 5) is 0. The SMILES string of the molecule is O=Pc1n[nH]c(-c2ccccc2)c1-c1c(-c2ccccc2)ccc2ccccc12. The number of hydrogen-bond acceptors (Lipinski definition) is 2. The van der Waals surface area contributed by atoms with Gasteiger partial charge in [-0.1, -0.05) is 97.1 Å². The van der Waals surface area contributed by atoms with Crippen molar-refractivity contribution in [2.75, 3.05) is 0 Å². The number of fused-ring (bicyclic) bond motifs is 1. The van der Waals surface area contributed by atoms with Gasteiger partial charge in [0.2, 0.25) is 8.46 Å². The molecule has 1 heterocycles. The third-order valence-electron chi connectivity index (χ3n) is 5.16. The molecule has 0 aliphatic carbocycles. The summed E-state index contributed by atoms with van der Waals surface area (Å²) in [5.74, 6) is 0. The third kappa shape index (κ3) is 3.06. The zero-order valence-corrected chi connectivity index (χ0v) is 16.4. The Hall–Kier alpha value is -3.55. The van der Waals surface area contributed by atoms with Crippen LogP contribution in [0.4, 0.5) is 0 Å². The topological polar surface area (TPSA) is 45.8 Å². The smallest absolute Gasteiger partial charge is 0.215 e. The highest BCUT2D eigenvalue weighted by molar-refractivity contribution is 7.34. The molecule has 0 spiro atoms. The van der Waals surface area contributed by atoms with Crippen LogP contribution in [-0.4, -0.2) is 10.2 Å². The van der Waals surface area contributed by atoms with Gasteiger partial charge >= 0.3 is 0 Å². The summed E-state index contributed by atoms with van der Waals surface area (Å²) >= 11 is 0. The highest BCUT2D eigenvalue weighted by Crippen LogP contribution is 2.41. The fraction of sp³-hybridized carbons (Fsp3) is 0. The van der Waals surface area contributed by atoms with E-state index < -0.39 is 0 Å². The van der Waals surface area contributed by atoms with Crippen molar-refractivity contribution in [3.8, 4) is 33.5 Å². The van der Waals surface area contributed by atoms with E-state index in [0.29, 0.717) is 5.44 Å². The lowest BCUT2D eigenvalue weighted by Crippen LogP contribution is -1.99. The predicted molar refractivity (Wildman–Crippen MR) is 120 cm³/mol. The van der Waals surface area contributed by atoms with Gasteiger partial charge in [-0.05, 0) is 21.9 Å². The maximum absolute atomic E-state index is 12.0. The fourth-order valence-corrected chi connectivity index (χ4v) is 4.25. The van der Waals surface area contributed by atoms with Crippen LogP contribution in [0.5, 0.6) is 0 Å². The van der Waals surface area contributed by atoms with Gasteiger partial charge in [-0.3, -0.25) is 9.66 Å². The van der Waals surface area contributed by atoms with Gasteiger partial charge in [0.15, 0.2) is 5.44 Å². The van der Waals surface area contributed by atoms with Crippen LogP contribution in [0.2, 0.25) is 0 Å². The Labute approximate surface area is 170 Å². The summed E-state index contributed by atoms with van der Waals surface area (Å²) in [5.41, 5.74) is 6.52. The van der Waals surface area contributed by atoms with E-state index in [2.05, 4.69) is 46.6 Å². The Kier molecular flexibility index (Phi) is 4.51. The van der Waals surface area contributed by atoms with Crippen molar-refractivity contribution in [2.45, 2.75) is 0 Å². The van der Waals surface area contributed by atoms with Crippen molar-refractivity contribution in [3.05, 3.63) is 97.1 Å². The molecule has 0 aliphatic heterocycles. The number of hydrogen-bond donors (Lipinski definition) is 1. The molecule has 0 unspecified atom stereocenters. The van der Waals surface area contributed by atoms with Gasteiger partial charge in [0, 0.05) is 16.7 Å². The Balaban J connectivity index is 1.91. The lowest BCUT2D eigenvalue weighted by Gasteiger charge is -2.15. The molecule has 0 fully saturated rings. The highest BCUT2D eigenvalue weighted by Gasteiger charge is 2.22. The van der Waals surface area contributed by atoms with Crippen molar-refractivity contribution >= 4 is 24.7 Å². The molecule has 1 N–H and O–H groups in total. The van der Waals surface area contributed by atoms with Crippen LogP contribution in [0, 0.1) is 0 Å². The third-order valence-corrected chi connectivity index (χ3v) is 5.66. The number of nitrogens with zero attached hydrogens (tertiary/aromatic N) is 1. The Morgan fingerprint density at radius 3 is 2.03 bits per heavy atom. The molecule has 5 aromatic rings. The number of H-pyrrole nitrogens is 1. The summed E-state index contributed by atoms with van der Waals surface area (Å²) in [7, 11) is -0.111. The largest absolute Gasteiger partial charge is 0.276 e. The van der Waals surface area contributed by atoms with Gasteiger partial charge < -0.3 is 0 Å². The highest BCUT2D eigenvalue weighted by atomic mass is 31.1. The Bertz CT molecular complexity index is 1310. The normalized spacial score (nSPS) is 11.2. The van der Waals surface area contributed by atoms with Crippen LogP contribution in [0.1, 0.15) is 0 Å². The number of aromatic nitrogens is 2. The number of rotatable bonds is 4. The molecule has 138 valence electrons. The van der Waals surface area contributed by atoms with Crippen molar-refractivity contribution in [2.24, 2.45) is 0 Å². The van der Waals surface area contributed by atoms with E-state index in [4.69, 9.17) is 0 Å². The molecular weight excluding hydrogens is 375 g/mol. The molecule has 3 nitrogen and oxygen atoms in total. The van der Waals surface area contributed by atoms with Gasteiger partial charge in [0.25, 0.3) is 0 Å². The predicted octanol–water partition coefficient (Wildman–Crippen LogP) is 6.48. The molecule has 29 heavy (non-hydrogen) atoms. The van der Waals surface area contributed by atoms with Gasteiger partial charge in [0.1, 0.15) is 0 Å². The van der Waals surface area contributed by atoms with E-state index >= 15 is 0 Å². The second-order valence-electron chi connectivity index (χ2n) is 6.83. The van der Waals surface area contributed by atoms with Crippen LogP contribution in [0.3, 0.4) is 0 Å². The molecule has 1 aromatic heterocycles. The van der Waals surface area contributed by atoms with Gasteiger partial charge in [-0.25, -0.2) is 0 Å². The number of benzene rings is 4. The molecule has 0 amide bonds. The van der Waals surface area contributed by atoms with Crippen LogP contribution in [-0.2, 0) is 4.57 Å². The van der Waals surface area contributed by atoms with Crippen LogP contribution >= 0.6 is 8.46 Å².